The van der Waals surface area contributed by atoms with Crippen molar-refractivity contribution in [1.82, 2.24) is 25.1 Å². The number of aryl methyl sites for hydroxylation is 1. The highest BCUT2D eigenvalue weighted by atomic mass is 28.3. The fourth-order valence-electron chi connectivity index (χ4n) is 4.15. The molecule has 9 nitrogen and oxygen atoms in total. The van der Waals surface area contributed by atoms with Crippen LogP contribution in [0.2, 0.25) is 25.7 Å². The van der Waals surface area contributed by atoms with Crippen LogP contribution in [0.25, 0.3) is 11.5 Å². The Kier molecular flexibility index (Phi) is 5.80. The highest BCUT2D eigenvalue weighted by Crippen LogP contribution is 2.54. The highest BCUT2D eigenvalue weighted by Gasteiger charge is 2.50. The Balaban J connectivity index is 1.66. The number of hydrogen-bond donors (Lipinski definition) is 1. The standard InChI is InChI=1S/C20H31N5O4Si/c1-12-17(24-29-23-12)19-22-21-18(25(19)11-28-9-10-30(2,3)4)16(20(26)27)15(13-5-6-13)14-7-8-14/h13-16H,5-11H2,1-4H3,(H,26,27). The topological polar surface area (TPSA) is 116 Å². The van der Waals surface area contributed by atoms with Gasteiger partial charge in [-0.25, -0.2) is 4.63 Å². The Morgan fingerprint density at radius 1 is 1.20 bits per heavy atom. The molecule has 2 aromatic rings. The third-order valence-electron chi connectivity index (χ3n) is 6.12. The zero-order valence-electron chi connectivity index (χ0n) is 18.2. The molecule has 0 aliphatic heterocycles. The lowest BCUT2D eigenvalue weighted by Gasteiger charge is -2.24. The van der Waals surface area contributed by atoms with E-state index in [9.17, 15) is 9.90 Å². The minimum atomic E-state index is -1.24. The van der Waals surface area contributed by atoms with Crippen LogP contribution < -0.4 is 0 Å². The fourth-order valence-corrected chi connectivity index (χ4v) is 4.91. The highest BCUT2D eigenvalue weighted by molar-refractivity contribution is 6.76. The van der Waals surface area contributed by atoms with Gasteiger partial charge in [0.25, 0.3) is 0 Å². The summed E-state index contributed by atoms with van der Waals surface area (Å²) < 4.78 is 12.6. The molecule has 2 aliphatic rings. The molecular weight excluding hydrogens is 402 g/mol. The summed E-state index contributed by atoms with van der Waals surface area (Å²) in [4.78, 5) is 12.4. The van der Waals surface area contributed by atoms with Gasteiger partial charge in [-0.15, -0.1) is 10.2 Å². The number of ether oxygens (including phenoxy) is 1. The Morgan fingerprint density at radius 3 is 2.37 bits per heavy atom. The summed E-state index contributed by atoms with van der Waals surface area (Å²) in [5.74, 6) is 0.427. The third-order valence-corrected chi connectivity index (χ3v) is 7.83. The molecule has 2 fully saturated rings. The Morgan fingerprint density at radius 2 is 1.87 bits per heavy atom. The SMILES string of the molecule is Cc1nonc1-c1nnc(C(C(=O)O)C(C2CC2)C2CC2)n1COCC[Si](C)(C)C. The van der Waals surface area contributed by atoms with Gasteiger partial charge in [0, 0.05) is 14.7 Å². The number of nitrogens with zero attached hydrogens (tertiary/aromatic N) is 5. The smallest absolute Gasteiger partial charge is 0.314 e. The van der Waals surface area contributed by atoms with Crippen molar-refractivity contribution < 1.29 is 19.3 Å². The van der Waals surface area contributed by atoms with Crippen molar-refractivity contribution in [2.24, 2.45) is 17.8 Å². The average Bonchev–Trinajstić information content (AvgIpc) is 3.58. The quantitative estimate of drug-likeness (QED) is 0.422. The average molecular weight is 434 g/mol. The van der Waals surface area contributed by atoms with E-state index in [1.54, 1.807) is 11.5 Å². The maximum Gasteiger partial charge on any atom is 0.314 e. The molecule has 0 spiro atoms. The summed E-state index contributed by atoms with van der Waals surface area (Å²) in [6.45, 7) is 9.49. The zero-order chi connectivity index (χ0) is 21.5. The monoisotopic (exact) mass is 433 g/mol. The second-order valence-electron chi connectivity index (χ2n) is 9.92. The number of carboxylic acid groups (broad SMARTS) is 1. The Hall–Kier alpha value is -2.07. The van der Waals surface area contributed by atoms with Gasteiger partial charge in [0.05, 0.1) is 0 Å². The third kappa shape index (κ3) is 4.64. The van der Waals surface area contributed by atoms with Gasteiger partial charge < -0.3 is 9.84 Å². The molecule has 10 heteroatoms. The van der Waals surface area contributed by atoms with E-state index in [1.165, 1.54) is 0 Å². The molecule has 2 aromatic heterocycles. The summed E-state index contributed by atoms with van der Waals surface area (Å²) in [6, 6.07) is 1.03. The second kappa shape index (κ2) is 8.22. The summed E-state index contributed by atoms with van der Waals surface area (Å²) >= 11 is 0. The van der Waals surface area contributed by atoms with Crippen LogP contribution in [0.5, 0.6) is 0 Å². The Bertz CT molecular complexity index is 885. The molecule has 0 bridgehead atoms. The normalized spacial score (nSPS) is 18.2. The molecular formula is C20H31N5O4Si. The van der Waals surface area contributed by atoms with Gasteiger partial charge in [0.15, 0.2) is 11.5 Å². The van der Waals surface area contributed by atoms with E-state index < -0.39 is 20.0 Å². The maximum atomic E-state index is 12.4. The van der Waals surface area contributed by atoms with Crippen LogP contribution in [0.1, 0.15) is 43.1 Å². The first kappa shape index (κ1) is 21.2. The molecule has 164 valence electrons. The number of rotatable bonds is 11. The number of aromatic nitrogens is 5. The van der Waals surface area contributed by atoms with Gasteiger partial charge in [-0.3, -0.25) is 9.36 Å². The predicted molar refractivity (Wildman–Crippen MR) is 111 cm³/mol. The van der Waals surface area contributed by atoms with Crippen LogP contribution in [0.4, 0.5) is 0 Å². The van der Waals surface area contributed by atoms with E-state index in [1.807, 2.05) is 0 Å². The van der Waals surface area contributed by atoms with Crippen molar-refractivity contribution in [3.8, 4) is 11.5 Å². The largest absolute Gasteiger partial charge is 0.481 e. The van der Waals surface area contributed by atoms with Crippen molar-refractivity contribution in [3.63, 3.8) is 0 Å². The maximum absolute atomic E-state index is 12.4. The van der Waals surface area contributed by atoms with Crippen LogP contribution in [0.3, 0.4) is 0 Å². The van der Waals surface area contributed by atoms with E-state index >= 15 is 0 Å². The van der Waals surface area contributed by atoms with Crippen LogP contribution >= 0.6 is 0 Å². The summed E-state index contributed by atoms with van der Waals surface area (Å²) in [7, 11) is -1.24. The first-order valence-corrected chi connectivity index (χ1v) is 14.5. The zero-order valence-corrected chi connectivity index (χ0v) is 19.2. The van der Waals surface area contributed by atoms with Crippen molar-refractivity contribution in [2.45, 2.75) is 70.9 Å². The lowest BCUT2D eigenvalue weighted by atomic mass is 9.83. The van der Waals surface area contributed by atoms with Gasteiger partial charge in [-0.2, -0.15) is 0 Å². The molecule has 30 heavy (non-hydrogen) atoms. The van der Waals surface area contributed by atoms with E-state index in [-0.39, 0.29) is 12.6 Å². The minimum Gasteiger partial charge on any atom is -0.481 e. The first-order chi connectivity index (χ1) is 14.3. The minimum absolute atomic E-state index is 0.108. The summed E-state index contributed by atoms with van der Waals surface area (Å²) in [6.07, 6.45) is 4.41. The van der Waals surface area contributed by atoms with Crippen LogP contribution in [-0.4, -0.2) is 50.8 Å². The fraction of sp³-hybridized carbons (Fsp3) is 0.750. The van der Waals surface area contributed by atoms with Gasteiger partial charge >= 0.3 is 5.97 Å². The van der Waals surface area contributed by atoms with E-state index in [0.29, 0.717) is 41.5 Å². The lowest BCUT2D eigenvalue weighted by molar-refractivity contribution is -0.141. The second-order valence-corrected chi connectivity index (χ2v) is 15.5. The lowest BCUT2D eigenvalue weighted by Crippen LogP contribution is -2.29. The molecule has 0 radical (unpaired) electrons. The van der Waals surface area contributed by atoms with Gasteiger partial charge in [-0.05, 0) is 61.6 Å². The molecule has 2 aliphatic carbocycles. The van der Waals surface area contributed by atoms with E-state index in [2.05, 4.69) is 40.2 Å². The van der Waals surface area contributed by atoms with Crippen molar-refractivity contribution in [3.05, 3.63) is 11.5 Å². The van der Waals surface area contributed by atoms with Crippen molar-refractivity contribution in [1.29, 1.82) is 0 Å². The Labute approximate surface area is 177 Å². The number of carbonyl (C=O) groups is 1. The first-order valence-electron chi connectivity index (χ1n) is 10.8. The molecule has 0 aromatic carbocycles. The van der Waals surface area contributed by atoms with E-state index in [4.69, 9.17) is 9.37 Å². The molecule has 0 amide bonds. The molecule has 1 unspecified atom stereocenters. The summed E-state index contributed by atoms with van der Waals surface area (Å²) in [5.41, 5.74) is 1.06. The molecule has 2 heterocycles. The summed E-state index contributed by atoms with van der Waals surface area (Å²) in [5, 5.41) is 26.7. The number of carboxylic acids is 1. The van der Waals surface area contributed by atoms with Gasteiger partial charge in [0.1, 0.15) is 24.2 Å². The van der Waals surface area contributed by atoms with E-state index in [0.717, 1.165) is 31.7 Å². The van der Waals surface area contributed by atoms with Crippen LogP contribution in [0, 0.1) is 24.7 Å². The number of hydrogen-bond acceptors (Lipinski definition) is 7. The molecule has 2 saturated carbocycles. The molecule has 1 N–H and O–H groups in total. The van der Waals surface area contributed by atoms with Gasteiger partial charge in [0.2, 0.25) is 0 Å². The predicted octanol–water partition coefficient (Wildman–Crippen LogP) is 3.55. The molecule has 0 saturated heterocycles. The van der Waals surface area contributed by atoms with Crippen molar-refractivity contribution >= 4 is 14.0 Å². The van der Waals surface area contributed by atoms with Crippen LogP contribution in [-0.2, 0) is 16.3 Å². The number of aliphatic carboxylic acids is 1. The van der Waals surface area contributed by atoms with Gasteiger partial charge in [-0.1, -0.05) is 24.8 Å². The van der Waals surface area contributed by atoms with Crippen molar-refractivity contribution in [2.75, 3.05) is 6.61 Å². The van der Waals surface area contributed by atoms with Crippen LogP contribution in [0.15, 0.2) is 4.63 Å². The molecule has 4 rings (SSSR count). The molecule has 1 atom stereocenters.